The van der Waals surface area contributed by atoms with Gasteiger partial charge in [-0.1, -0.05) is 6.07 Å². The number of hydrogen-bond donors (Lipinski definition) is 1. The molecule has 0 unspecified atom stereocenters. The van der Waals surface area contributed by atoms with Crippen molar-refractivity contribution in [1.29, 1.82) is 0 Å². The quantitative estimate of drug-likeness (QED) is 0.752. The fraction of sp³-hybridized carbons (Fsp3) is 0.200. The summed E-state index contributed by atoms with van der Waals surface area (Å²) in [5.41, 5.74) is 0. The molecule has 0 aliphatic carbocycles. The van der Waals surface area contributed by atoms with Crippen molar-refractivity contribution in [2.75, 3.05) is 6.54 Å². The van der Waals surface area contributed by atoms with Crippen LogP contribution in [0.25, 0.3) is 11.6 Å². The van der Waals surface area contributed by atoms with E-state index in [2.05, 4.69) is 20.3 Å². The van der Waals surface area contributed by atoms with Crippen LogP contribution in [0.2, 0.25) is 0 Å². The number of carbonyl (C=O) groups excluding carboxylic acids is 1. The lowest BCUT2D eigenvalue weighted by molar-refractivity contribution is -0.120. The Hall–Kier alpha value is -2.54. The fourth-order valence-electron chi connectivity index (χ4n) is 2.06. The smallest absolute Gasteiger partial charge is 0.225 e. The summed E-state index contributed by atoms with van der Waals surface area (Å²) >= 11 is 1.59. The molecule has 0 saturated carbocycles. The van der Waals surface area contributed by atoms with Crippen molar-refractivity contribution in [2.24, 2.45) is 0 Å². The normalized spacial score (nSPS) is 10.5. The Bertz CT molecular complexity index is 723. The molecule has 0 aromatic carbocycles. The SMILES string of the molecule is O=C(Cc1cccs1)NCCn1ccnc1-c1ncccn1. The van der Waals surface area contributed by atoms with Crippen LogP contribution in [-0.2, 0) is 17.8 Å². The minimum Gasteiger partial charge on any atom is -0.354 e. The standard InChI is InChI=1S/C15H15N5OS/c21-13(11-12-3-1-10-22-12)16-6-8-20-9-7-19-15(20)14-17-4-2-5-18-14/h1-5,7,9-10H,6,8,11H2,(H,16,21). The maximum absolute atomic E-state index is 11.8. The average Bonchev–Trinajstić information content (AvgIpc) is 3.20. The molecule has 0 spiro atoms. The van der Waals surface area contributed by atoms with Crippen LogP contribution in [-0.4, -0.2) is 32.0 Å². The minimum atomic E-state index is 0.0278. The Morgan fingerprint density at radius 1 is 1.18 bits per heavy atom. The zero-order valence-corrected chi connectivity index (χ0v) is 12.7. The lowest BCUT2D eigenvalue weighted by Gasteiger charge is -2.08. The molecule has 1 N–H and O–H groups in total. The molecular formula is C15H15N5OS. The number of hydrogen-bond acceptors (Lipinski definition) is 5. The van der Waals surface area contributed by atoms with E-state index in [9.17, 15) is 4.79 Å². The van der Waals surface area contributed by atoms with E-state index >= 15 is 0 Å². The van der Waals surface area contributed by atoms with E-state index in [4.69, 9.17) is 0 Å². The fourth-order valence-corrected chi connectivity index (χ4v) is 2.76. The highest BCUT2D eigenvalue weighted by atomic mass is 32.1. The number of aromatic nitrogens is 4. The second-order valence-corrected chi connectivity index (χ2v) is 5.65. The van der Waals surface area contributed by atoms with Gasteiger partial charge in [-0.2, -0.15) is 0 Å². The van der Waals surface area contributed by atoms with Gasteiger partial charge in [-0.05, 0) is 17.5 Å². The van der Waals surface area contributed by atoms with Crippen molar-refractivity contribution >= 4 is 17.2 Å². The van der Waals surface area contributed by atoms with Gasteiger partial charge in [0.15, 0.2) is 11.6 Å². The molecule has 0 aliphatic heterocycles. The summed E-state index contributed by atoms with van der Waals surface area (Å²) in [6.07, 6.45) is 7.36. The van der Waals surface area contributed by atoms with Crippen molar-refractivity contribution in [3.8, 4) is 11.6 Å². The van der Waals surface area contributed by atoms with Crippen molar-refractivity contribution < 1.29 is 4.79 Å². The second kappa shape index (κ2) is 6.95. The molecule has 1 amide bonds. The van der Waals surface area contributed by atoms with Crippen molar-refractivity contribution in [3.63, 3.8) is 0 Å². The van der Waals surface area contributed by atoms with Gasteiger partial charge in [-0.15, -0.1) is 11.3 Å². The first-order valence-corrected chi connectivity index (χ1v) is 7.78. The van der Waals surface area contributed by atoms with Crippen molar-refractivity contribution in [1.82, 2.24) is 24.8 Å². The van der Waals surface area contributed by atoms with Gasteiger partial charge in [-0.25, -0.2) is 15.0 Å². The molecule has 3 rings (SSSR count). The van der Waals surface area contributed by atoms with Crippen LogP contribution in [0.15, 0.2) is 48.4 Å². The number of thiophene rings is 1. The van der Waals surface area contributed by atoms with E-state index in [1.165, 1.54) is 0 Å². The summed E-state index contributed by atoms with van der Waals surface area (Å²) in [7, 11) is 0. The molecule has 0 aliphatic rings. The molecule has 0 radical (unpaired) electrons. The van der Waals surface area contributed by atoms with Crippen molar-refractivity contribution in [3.05, 3.63) is 53.2 Å². The molecule has 0 atom stereocenters. The van der Waals surface area contributed by atoms with E-state index in [0.29, 0.717) is 31.2 Å². The molecule has 0 fully saturated rings. The Kier molecular flexibility index (Phi) is 4.55. The number of nitrogens with zero attached hydrogens (tertiary/aromatic N) is 4. The molecular weight excluding hydrogens is 298 g/mol. The molecule has 0 bridgehead atoms. The van der Waals surface area contributed by atoms with Gasteiger partial charge in [-0.3, -0.25) is 4.79 Å². The number of rotatable bonds is 6. The van der Waals surface area contributed by atoms with Gasteiger partial charge in [0.1, 0.15) is 0 Å². The van der Waals surface area contributed by atoms with Crippen LogP contribution in [0.4, 0.5) is 0 Å². The number of carbonyl (C=O) groups is 1. The Morgan fingerprint density at radius 3 is 2.82 bits per heavy atom. The number of amides is 1. The van der Waals surface area contributed by atoms with E-state index in [1.54, 1.807) is 36.0 Å². The predicted octanol–water partition coefficient (Wildman–Crippen LogP) is 1.76. The summed E-state index contributed by atoms with van der Waals surface area (Å²) in [6, 6.07) is 5.68. The first-order valence-electron chi connectivity index (χ1n) is 6.90. The van der Waals surface area contributed by atoms with Gasteiger partial charge in [0.05, 0.1) is 6.42 Å². The van der Waals surface area contributed by atoms with E-state index in [0.717, 1.165) is 4.88 Å². The predicted molar refractivity (Wildman–Crippen MR) is 84.3 cm³/mol. The third-order valence-electron chi connectivity index (χ3n) is 3.07. The molecule has 3 aromatic rings. The topological polar surface area (TPSA) is 72.7 Å². The Labute approximate surface area is 131 Å². The van der Waals surface area contributed by atoms with Crippen molar-refractivity contribution in [2.45, 2.75) is 13.0 Å². The maximum Gasteiger partial charge on any atom is 0.225 e. The van der Waals surface area contributed by atoms with Gasteiger partial charge >= 0.3 is 0 Å². The first-order chi connectivity index (χ1) is 10.8. The summed E-state index contributed by atoms with van der Waals surface area (Å²) in [4.78, 5) is 25.6. The van der Waals surface area contributed by atoms with E-state index in [1.807, 2.05) is 28.3 Å². The summed E-state index contributed by atoms with van der Waals surface area (Å²) in [6.45, 7) is 1.17. The summed E-state index contributed by atoms with van der Waals surface area (Å²) in [5, 5.41) is 4.89. The van der Waals surface area contributed by atoms with Gasteiger partial charge in [0.25, 0.3) is 0 Å². The van der Waals surface area contributed by atoms with E-state index in [-0.39, 0.29) is 5.91 Å². The van der Waals surface area contributed by atoms with Gasteiger partial charge in [0.2, 0.25) is 5.91 Å². The van der Waals surface area contributed by atoms with Crippen LogP contribution >= 0.6 is 11.3 Å². The zero-order valence-electron chi connectivity index (χ0n) is 11.8. The molecule has 7 heteroatoms. The maximum atomic E-state index is 11.8. The van der Waals surface area contributed by atoms with Crippen LogP contribution in [0.1, 0.15) is 4.88 Å². The summed E-state index contributed by atoms with van der Waals surface area (Å²) in [5.74, 6) is 1.31. The Morgan fingerprint density at radius 2 is 2.05 bits per heavy atom. The third kappa shape index (κ3) is 3.56. The minimum absolute atomic E-state index is 0.0278. The number of nitrogens with one attached hydrogen (secondary N) is 1. The molecule has 112 valence electrons. The van der Waals surface area contributed by atoms with Crippen LogP contribution in [0.3, 0.4) is 0 Å². The van der Waals surface area contributed by atoms with Crippen LogP contribution in [0.5, 0.6) is 0 Å². The first kappa shape index (κ1) is 14.4. The average molecular weight is 313 g/mol. The Balaban J connectivity index is 1.54. The third-order valence-corrected chi connectivity index (χ3v) is 3.95. The highest BCUT2D eigenvalue weighted by Crippen LogP contribution is 2.11. The summed E-state index contributed by atoms with van der Waals surface area (Å²) < 4.78 is 1.93. The molecule has 22 heavy (non-hydrogen) atoms. The largest absolute Gasteiger partial charge is 0.354 e. The highest BCUT2D eigenvalue weighted by molar-refractivity contribution is 7.10. The molecule has 6 nitrogen and oxygen atoms in total. The monoisotopic (exact) mass is 313 g/mol. The molecule has 3 aromatic heterocycles. The van der Waals surface area contributed by atoms with Gasteiger partial charge < -0.3 is 9.88 Å². The van der Waals surface area contributed by atoms with Crippen LogP contribution in [0, 0.1) is 0 Å². The highest BCUT2D eigenvalue weighted by Gasteiger charge is 2.08. The van der Waals surface area contributed by atoms with Crippen LogP contribution < -0.4 is 5.32 Å². The lowest BCUT2D eigenvalue weighted by atomic mass is 10.3. The number of imidazole rings is 1. The van der Waals surface area contributed by atoms with Gasteiger partial charge in [0, 0.05) is 42.8 Å². The zero-order chi connectivity index (χ0) is 15.2. The van der Waals surface area contributed by atoms with E-state index < -0.39 is 0 Å². The lowest BCUT2D eigenvalue weighted by Crippen LogP contribution is -2.28. The molecule has 3 heterocycles. The molecule has 0 saturated heterocycles. The second-order valence-electron chi connectivity index (χ2n) is 4.62.